The molecule has 0 atom stereocenters. The molecule has 0 saturated heterocycles. The molecule has 0 fully saturated rings. The first-order valence-electron chi connectivity index (χ1n) is 23.4. The lowest BCUT2D eigenvalue weighted by Crippen LogP contribution is -1.91. The van der Waals surface area contributed by atoms with Gasteiger partial charge in [-0.3, -0.25) is 0 Å². The van der Waals surface area contributed by atoms with E-state index in [2.05, 4.69) is 109 Å². The van der Waals surface area contributed by atoms with Crippen molar-refractivity contribution < 1.29 is 8.78 Å². The van der Waals surface area contributed by atoms with E-state index in [-0.39, 0.29) is 10.0 Å². The molecule has 0 saturated carbocycles. The van der Waals surface area contributed by atoms with Gasteiger partial charge in [-0.2, -0.15) is 30.0 Å². The fraction of sp³-hybridized carbons (Fsp3) is 0.179. The van der Waals surface area contributed by atoms with E-state index in [1.54, 1.807) is 82.1 Å². The van der Waals surface area contributed by atoms with Crippen LogP contribution in [-0.2, 0) is 14.1 Å². The molecular formula is C56H42Cl2F2N6S7. The van der Waals surface area contributed by atoms with Gasteiger partial charge in [0.15, 0.2) is 11.6 Å². The van der Waals surface area contributed by atoms with Crippen LogP contribution >= 0.6 is 103 Å². The van der Waals surface area contributed by atoms with Gasteiger partial charge in [0.1, 0.15) is 22.1 Å². The molecule has 5 aromatic carbocycles. The molecule has 0 aliphatic heterocycles. The van der Waals surface area contributed by atoms with E-state index < -0.39 is 11.6 Å². The Morgan fingerprint density at radius 2 is 0.712 bits per heavy atom. The van der Waals surface area contributed by atoms with Gasteiger partial charge in [0.2, 0.25) is 0 Å². The van der Waals surface area contributed by atoms with Crippen molar-refractivity contribution in [3.8, 4) is 41.8 Å². The molecule has 14 aromatic rings. The lowest BCUT2D eigenvalue weighted by Gasteiger charge is -2.08. The average molecular weight is 1130 g/mol. The molecule has 0 N–H and O–H groups in total. The Morgan fingerprint density at radius 3 is 1.05 bits per heavy atom. The molecule has 9 aromatic heterocycles. The standard InChI is InChI=1S/C31H21ClFN3S4.C23H15ClFN3S3.C2H6/c1-12-16-6-8-37-28(16)14(3)18-10-20(39-30(12)18)22-24(32)25(33)23(27-26(22)34-36(5)35-27)21-11-19-15(4)29-17(7-9-38-29)13(2)31(19)40-21;1-10-12-6-8-30-22(12)11(2)13-9-15(31-23(10)13)17-19(25)18(24)16(14-5-4-7-29-14)20-21(17)27-28(3)26-20;1-2/h6-11H,1-5H3;4-9H,1-3H3;1-2H3. The Labute approximate surface area is 456 Å². The van der Waals surface area contributed by atoms with E-state index in [1.165, 1.54) is 104 Å². The van der Waals surface area contributed by atoms with Crippen molar-refractivity contribution in [1.29, 1.82) is 0 Å². The van der Waals surface area contributed by atoms with Crippen LogP contribution < -0.4 is 0 Å². The number of hydrogen-bond acceptors (Lipinski definition) is 11. The first-order valence-corrected chi connectivity index (χ1v) is 30.1. The summed E-state index contributed by atoms with van der Waals surface area (Å²) in [4.78, 5) is 6.43. The highest BCUT2D eigenvalue weighted by Gasteiger charge is 2.29. The summed E-state index contributed by atoms with van der Waals surface area (Å²) in [5, 5.41) is 34.3. The Kier molecular flexibility index (Phi) is 12.2. The topological polar surface area (TPSA) is 61.4 Å². The lowest BCUT2D eigenvalue weighted by molar-refractivity contribution is 0.633. The zero-order valence-corrected chi connectivity index (χ0v) is 48.2. The molecule has 0 spiro atoms. The maximum Gasteiger partial charge on any atom is 0.153 e. The number of aromatic nitrogens is 6. The molecule has 9 heterocycles. The second-order valence-electron chi connectivity index (χ2n) is 17.8. The second-order valence-corrected chi connectivity index (χ2v) is 25.4. The number of fused-ring (bicyclic) bond motifs is 8. The van der Waals surface area contributed by atoms with Crippen molar-refractivity contribution in [2.75, 3.05) is 0 Å². The third kappa shape index (κ3) is 7.32. The number of aryl methyl sites for hydroxylation is 8. The van der Waals surface area contributed by atoms with E-state index in [9.17, 15) is 0 Å². The fourth-order valence-corrected chi connectivity index (χ4v) is 18.5. The number of benzene rings is 5. The van der Waals surface area contributed by atoms with Crippen LogP contribution in [0.3, 0.4) is 0 Å². The molecule has 0 aliphatic rings. The summed E-state index contributed by atoms with van der Waals surface area (Å²) in [6, 6.07) is 16.7. The second kappa shape index (κ2) is 18.3. The highest BCUT2D eigenvalue weighted by atomic mass is 35.5. The number of nitrogens with zero attached hydrogens (tertiary/aromatic N) is 6. The first kappa shape index (κ1) is 48.7. The van der Waals surface area contributed by atoms with Crippen molar-refractivity contribution in [3.63, 3.8) is 0 Å². The molecule has 0 bridgehead atoms. The quantitative estimate of drug-likeness (QED) is 0.176. The van der Waals surface area contributed by atoms with Crippen molar-refractivity contribution in [1.82, 2.24) is 30.0 Å². The normalized spacial score (nSPS) is 12.0. The Hall–Kier alpha value is -5.20. The molecule has 0 aliphatic carbocycles. The largest absolute Gasteiger partial charge is 0.205 e. The van der Waals surface area contributed by atoms with Crippen LogP contribution in [0.2, 0.25) is 10.0 Å². The van der Waals surface area contributed by atoms with Crippen LogP contribution in [0, 0.1) is 53.2 Å². The van der Waals surface area contributed by atoms with Crippen molar-refractivity contribution in [2.24, 2.45) is 14.1 Å². The molecule has 73 heavy (non-hydrogen) atoms. The van der Waals surface area contributed by atoms with E-state index in [0.717, 1.165) is 30.3 Å². The smallest absolute Gasteiger partial charge is 0.153 e. The predicted octanol–water partition coefficient (Wildman–Crippen LogP) is 20.4. The molecule has 0 unspecified atom stereocenters. The average Bonchev–Trinajstić information content (AvgIpc) is 4.21. The van der Waals surface area contributed by atoms with Crippen LogP contribution in [0.1, 0.15) is 47.2 Å². The number of hydrogen-bond donors (Lipinski definition) is 0. The van der Waals surface area contributed by atoms with Gasteiger partial charge in [0.25, 0.3) is 0 Å². The van der Waals surface area contributed by atoms with Gasteiger partial charge in [0, 0.05) is 72.9 Å². The summed E-state index contributed by atoms with van der Waals surface area (Å²) in [5.41, 5.74) is 11.8. The highest BCUT2D eigenvalue weighted by molar-refractivity contribution is 7.24. The molecule has 366 valence electrons. The van der Waals surface area contributed by atoms with Crippen LogP contribution in [0.5, 0.6) is 0 Å². The lowest BCUT2D eigenvalue weighted by atomic mass is 10.0. The first-order chi connectivity index (χ1) is 35.2. The van der Waals surface area contributed by atoms with E-state index in [1.807, 2.05) is 31.4 Å². The Morgan fingerprint density at radius 1 is 0.397 bits per heavy atom. The third-order valence-electron chi connectivity index (χ3n) is 13.8. The molecule has 0 amide bonds. The summed E-state index contributed by atoms with van der Waals surface area (Å²) in [6.45, 7) is 16.9. The summed E-state index contributed by atoms with van der Waals surface area (Å²) in [5.74, 6) is -0.887. The van der Waals surface area contributed by atoms with Gasteiger partial charge in [0.05, 0.1) is 21.2 Å². The molecule has 0 radical (unpaired) electrons. The summed E-state index contributed by atoms with van der Waals surface area (Å²) >= 11 is 25.2. The Bertz CT molecular complexity index is 4250. The minimum atomic E-state index is -0.444. The van der Waals surface area contributed by atoms with Crippen molar-refractivity contribution >= 4 is 185 Å². The van der Waals surface area contributed by atoms with Crippen molar-refractivity contribution in [3.05, 3.63) is 125 Å². The maximum atomic E-state index is 16.5. The zero-order valence-electron chi connectivity index (χ0n) is 41.0. The molecule has 14 rings (SSSR count). The van der Waals surface area contributed by atoms with Crippen LogP contribution in [0.15, 0.2) is 70.1 Å². The predicted molar refractivity (Wildman–Crippen MR) is 319 cm³/mol. The van der Waals surface area contributed by atoms with Gasteiger partial charge in [-0.15, -0.1) is 79.4 Å². The molecule has 17 heteroatoms. The van der Waals surface area contributed by atoms with Gasteiger partial charge in [-0.1, -0.05) is 43.1 Å². The summed E-state index contributed by atoms with van der Waals surface area (Å²) in [6.07, 6.45) is 0. The van der Waals surface area contributed by atoms with Crippen LogP contribution in [0.4, 0.5) is 8.78 Å². The zero-order chi connectivity index (χ0) is 51.0. The molecule has 6 nitrogen and oxygen atoms in total. The van der Waals surface area contributed by atoms with Gasteiger partial charge >= 0.3 is 0 Å². The fourth-order valence-electron chi connectivity index (χ4n) is 10.3. The summed E-state index contributed by atoms with van der Waals surface area (Å²) in [7, 11) is 3.53. The van der Waals surface area contributed by atoms with E-state index in [4.69, 9.17) is 28.3 Å². The highest BCUT2D eigenvalue weighted by Crippen LogP contribution is 2.52. The van der Waals surface area contributed by atoms with Gasteiger partial charge in [-0.05, 0) is 171 Å². The number of thiophene rings is 7. The minimum Gasteiger partial charge on any atom is -0.205 e. The monoisotopic (exact) mass is 1130 g/mol. The van der Waals surface area contributed by atoms with E-state index in [0.29, 0.717) is 44.3 Å². The Balaban J connectivity index is 0.000000148. The van der Waals surface area contributed by atoms with Crippen LogP contribution in [-0.4, -0.2) is 30.0 Å². The van der Waals surface area contributed by atoms with Gasteiger partial charge < -0.3 is 0 Å². The third-order valence-corrected chi connectivity index (χ3v) is 22.3. The van der Waals surface area contributed by atoms with Crippen molar-refractivity contribution in [2.45, 2.75) is 55.4 Å². The molecular weight excluding hydrogens is 1090 g/mol. The number of halogens is 4. The van der Waals surface area contributed by atoms with E-state index >= 15 is 8.78 Å². The number of rotatable bonds is 4. The minimum absolute atomic E-state index is 0.0948. The summed E-state index contributed by atoms with van der Waals surface area (Å²) < 4.78 is 39.8. The van der Waals surface area contributed by atoms with Crippen LogP contribution in [0.25, 0.3) is 124 Å². The SMILES string of the molecule is CC.Cc1c2cc(-c3c(F)c(Cl)c(-c4cc5c(C)c6sccc6c(C)c5s4)c4nn(C)nc34)sc2c(C)c2ccsc12.Cc1c2cc(-c3c(F)c(Cl)c(-c4cccs4)c4nn(C)nc34)sc2c(C)c2ccsc12. The van der Waals surface area contributed by atoms with Gasteiger partial charge in [-0.25, -0.2) is 8.78 Å². The maximum absolute atomic E-state index is 16.5.